The Balaban J connectivity index is 1.99. The molecule has 0 spiro atoms. The summed E-state index contributed by atoms with van der Waals surface area (Å²) in [6.45, 7) is 0.804. The molecule has 0 radical (unpaired) electrons. The van der Waals surface area contributed by atoms with E-state index in [1.165, 1.54) is 25.1 Å². The second kappa shape index (κ2) is 8.04. The number of rotatable bonds is 5. The molecule has 0 saturated carbocycles. The number of para-hydroxylation sites is 1. The van der Waals surface area contributed by atoms with Gasteiger partial charge in [-0.2, -0.15) is 4.98 Å². The van der Waals surface area contributed by atoms with E-state index in [0.717, 1.165) is 22.8 Å². The molecule has 146 valence electrons. The van der Waals surface area contributed by atoms with E-state index in [9.17, 15) is 23.1 Å². The third-order valence-corrected chi connectivity index (χ3v) is 4.35. The van der Waals surface area contributed by atoms with Gasteiger partial charge in [-0.3, -0.25) is 9.36 Å². The molecular formula is C19H14ClF3N2O3. The van der Waals surface area contributed by atoms with Crippen LogP contribution in [0.3, 0.4) is 0 Å². The van der Waals surface area contributed by atoms with Gasteiger partial charge in [-0.25, -0.2) is 13.2 Å². The highest BCUT2D eigenvalue weighted by atomic mass is 35.5. The summed E-state index contributed by atoms with van der Waals surface area (Å²) in [5, 5.41) is 8.84. The Morgan fingerprint density at radius 2 is 1.82 bits per heavy atom. The van der Waals surface area contributed by atoms with E-state index in [4.69, 9.17) is 16.3 Å². The number of aliphatic hydroxyl groups is 1. The number of halogens is 4. The van der Waals surface area contributed by atoms with Gasteiger partial charge in [0.05, 0.1) is 6.61 Å². The van der Waals surface area contributed by atoms with E-state index in [0.29, 0.717) is 11.1 Å². The van der Waals surface area contributed by atoms with Crippen LogP contribution in [0.5, 0.6) is 5.88 Å². The zero-order valence-electron chi connectivity index (χ0n) is 14.5. The summed E-state index contributed by atoms with van der Waals surface area (Å²) in [5.74, 6) is -2.71. The van der Waals surface area contributed by atoms with Gasteiger partial charge in [-0.1, -0.05) is 23.7 Å². The number of benzene rings is 2. The SMILES string of the molecule is Cc1nc(OCc2ccc(F)cc2CO)c(Cl)c(=O)n1-c1c(F)cccc1F. The van der Waals surface area contributed by atoms with Crippen molar-refractivity contribution in [3.05, 3.63) is 86.2 Å². The van der Waals surface area contributed by atoms with Crippen LogP contribution in [-0.2, 0) is 13.2 Å². The fraction of sp³-hybridized carbons (Fsp3) is 0.158. The van der Waals surface area contributed by atoms with E-state index < -0.39 is 40.3 Å². The zero-order valence-corrected chi connectivity index (χ0v) is 15.3. The summed E-state index contributed by atoms with van der Waals surface area (Å²) in [5.41, 5.74) is -0.736. The van der Waals surface area contributed by atoms with E-state index >= 15 is 0 Å². The normalized spacial score (nSPS) is 10.9. The van der Waals surface area contributed by atoms with Gasteiger partial charge in [0.25, 0.3) is 5.56 Å². The van der Waals surface area contributed by atoms with Gasteiger partial charge in [0.2, 0.25) is 5.88 Å². The third-order valence-electron chi connectivity index (χ3n) is 4.03. The Morgan fingerprint density at radius 3 is 2.46 bits per heavy atom. The highest BCUT2D eigenvalue weighted by Crippen LogP contribution is 2.24. The Kier molecular flexibility index (Phi) is 5.71. The van der Waals surface area contributed by atoms with Gasteiger partial charge in [-0.15, -0.1) is 0 Å². The number of hydrogen-bond acceptors (Lipinski definition) is 4. The number of aliphatic hydroxyl groups excluding tert-OH is 1. The van der Waals surface area contributed by atoms with Crippen LogP contribution in [0.25, 0.3) is 5.69 Å². The minimum atomic E-state index is -0.948. The zero-order chi connectivity index (χ0) is 20.4. The van der Waals surface area contributed by atoms with Crippen LogP contribution in [-0.4, -0.2) is 14.7 Å². The molecule has 0 atom stereocenters. The molecule has 28 heavy (non-hydrogen) atoms. The second-order valence-electron chi connectivity index (χ2n) is 5.85. The molecule has 9 heteroatoms. The summed E-state index contributed by atoms with van der Waals surface area (Å²) in [7, 11) is 0. The van der Waals surface area contributed by atoms with Gasteiger partial charge < -0.3 is 9.84 Å². The van der Waals surface area contributed by atoms with Crippen molar-refractivity contribution in [2.75, 3.05) is 0 Å². The third kappa shape index (κ3) is 3.74. The molecule has 0 aliphatic carbocycles. The van der Waals surface area contributed by atoms with E-state index in [1.807, 2.05) is 0 Å². The largest absolute Gasteiger partial charge is 0.472 e. The quantitative estimate of drug-likeness (QED) is 0.697. The summed E-state index contributed by atoms with van der Waals surface area (Å²) in [6, 6.07) is 6.94. The minimum absolute atomic E-state index is 0.0464. The Bertz CT molecular complexity index is 1080. The van der Waals surface area contributed by atoms with Crippen molar-refractivity contribution in [2.24, 2.45) is 0 Å². The number of aryl methyl sites for hydroxylation is 1. The summed E-state index contributed by atoms with van der Waals surface area (Å²) in [6.07, 6.45) is 0. The van der Waals surface area contributed by atoms with Crippen LogP contribution >= 0.6 is 11.6 Å². The van der Waals surface area contributed by atoms with Crippen molar-refractivity contribution in [3.8, 4) is 11.6 Å². The molecule has 1 aromatic heterocycles. The maximum atomic E-state index is 14.1. The molecule has 1 heterocycles. The molecule has 2 aromatic carbocycles. The Morgan fingerprint density at radius 1 is 1.14 bits per heavy atom. The van der Waals surface area contributed by atoms with Crippen molar-refractivity contribution >= 4 is 11.6 Å². The highest BCUT2D eigenvalue weighted by Gasteiger charge is 2.20. The number of aromatic nitrogens is 2. The Hall–Kier alpha value is -2.84. The van der Waals surface area contributed by atoms with Crippen LogP contribution in [0.15, 0.2) is 41.2 Å². The number of hydrogen-bond donors (Lipinski definition) is 1. The average molecular weight is 411 g/mol. The number of nitrogens with zero attached hydrogens (tertiary/aromatic N) is 2. The van der Waals surface area contributed by atoms with Crippen LogP contribution in [0, 0.1) is 24.4 Å². The molecule has 5 nitrogen and oxygen atoms in total. The van der Waals surface area contributed by atoms with Gasteiger partial charge in [0, 0.05) is 0 Å². The van der Waals surface area contributed by atoms with Crippen molar-refractivity contribution < 1.29 is 23.0 Å². The molecular weight excluding hydrogens is 397 g/mol. The minimum Gasteiger partial charge on any atom is -0.472 e. The maximum Gasteiger partial charge on any atom is 0.281 e. The standard InChI is InChI=1S/C19H14ClF3N2O3/c1-10-24-18(28-9-11-5-6-13(21)7-12(11)8-26)16(20)19(27)25(10)17-14(22)3-2-4-15(17)23/h2-7,26H,8-9H2,1H3. The van der Waals surface area contributed by atoms with Gasteiger partial charge in [-0.05, 0) is 42.3 Å². The Labute approximate surface area is 162 Å². The summed E-state index contributed by atoms with van der Waals surface area (Å²) in [4.78, 5) is 16.6. The van der Waals surface area contributed by atoms with E-state index in [1.54, 1.807) is 0 Å². The van der Waals surface area contributed by atoms with E-state index in [-0.39, 0.29) is 18.3 Å². The summed E-state index contributed by atoms with van der Waals surface area (Å²) < 4.78 is 47.5. The molecule has 3 rings (SSSR count). The van der Waals surface area contributed by atoms with Crippen molar-refractivity contribution in [2.45, 2.75) is 20.1 Å². The lowest BCUT2D eigenvalue weighted by molar-refractivity contribution is 0.264. The predicted molar refractivity (Wildman–Crippen MR) is 96.2 cm³/mol. The van der Waals surface area contributed by atoms with E-state index in [2.05, 4.69) is 4.98 Å². The van der Waals surface area contributed by atoms with Crippen LogP contribution in [0.2, 0.25) is 5.02 Å². The van der Waals surface area contributed by atoms with Gasteiger partial charge in [0.15, 0.2) is 5.02 Å². The number of ether oxygens (including phenoxy) is 1. The molecule has 0 aliphatic heterocycles. The maximum absolute atomic E-state index is 14.1. The first-order chi connectivity index (χ1) is 13.3. The fourth-order valence-electron chi connectivity index (χ4n) is 2.67. The lowest BCUT2D eigenvalue weighted by Crippen LogP contribution is -2.25. The highest BCUT2D eigenvalue weighted by molar-refractivity contribution is 6.31. The lowest BCUT2D eigenvalue weighted by atomic mass is 10.1. The first-order valence-corrected chi connectivity index (χ1v) is 8.45. The van der Waals surface area contributed by atoms with Gasteiger partial charge in [0.1, 0.15) is 35.6 Å². The predicted octanol–water partition coefficient (Wildman–Crippen LogP) is 3.68. The molecule has 0 amide bonds. The lowest BCUT2D eigenvalue weighted by Gasteiger charge is -2.15. The fourth-order valence-corrected chi connectivity index (χ4v) is 2.85. The molecule has 0 fully saturated rings. The monoisotopic (exact) mass is 410 g/mol. The summed E-state index contributed by atoms with van der Waals surface area (Å²) >= 11 is 6.01. The van der Waals surface area contributed by atoms with Crippen molar-refractivity contribution in [1.29, 1.82) is 0 Å². The molecule has 0 unspecified atom stereocenters. The molecule has 0 bridgehead atoms. The molecule has 0 saturated heterocycles. The first-order valence-electron chi connectivity index (χ1n) is 8.08. The van der Waals surface area contributed by atoms with Gasteiger partial charge >= 0.3 is 0 Å². The van der Waals surface area contributed by atoms with Crippen molar-refractivity contribution in [1.82, 2.24) is 9.55 Å². The van der Waals surface area contributed by atoms with Crippen LogP contribution < -0.4 is 10.3 Å². The van der Waals surface area contributed by atoms with Crippen LogP contribution in [0.1, 0.15) is 17.0 Å². The van der Waals surface area contributed by atoms with Crippen LogP contribution in [0.4, 0.5) is 13.2 Å². The average Bonchev–Trinajstić information content (AvgIpc) is 2.66. The molecule has 0 aliphatic rings. The van der Waals surface area contributed by atoms with Crippen molar-refractivity contribution in [3.63, 3.8) is 0 Å². The second-order valence-corrected chi connectivity index (χ2v) is 6.23. The topological polar surface area (TPSA) is 64.3 Å². The molecule has 3 aromatic rings. The smallest absolute Gasteiger partial charge is 0.281 e. The molecule has 1 N–H and O–H groups in total. The first kappa shape index (κ1) is 19.9.